The van der Waals surface area contributed by atoms with Crippen molar-refractivity contribution in [1.82, 2.24) is 0 Å². The van der Waals surface area contributed by atoms with Gasteiger partial charge in [0, 0.05) is 0 Å². The first-order valence-electron chi connectivity index (χ1n) is 21.5. The summed E-state index contributed by atoms with van der Waals surface area (Å²) < 4.78 is 84.0. The Labute approximate surface area is 372 Å². The standard InChI is InChI=1S/C48H58O16/c1-45(2)57-23-33(59-45)21-53-31-13-11-27-19-37(35(43(49)51-9)17-29(27)15-31)55-25-39-41(63-47(5,6)61-39)42-40(62-48(7,8)64-42)26-56-38-20-28-12-14-32(16-30(28)18-36(38)44(50)52-10)54-22-34-24-58-46(3,4)60-34/h11-20,33-34,39-42H,21-26H2,1-10H3/t33-,34-,39-,40+,41+,42-/m0/s1. The Morgan fingerprint density at radius 1 is 0.484 bits per heavy atom. The zero-order valence-electron chi connectivity index (χ0n) is 38.0. The van der Waals surface area contributed by atoms with E-state index >= 15 is 0 Å². The highest BCUT2D eigenvalue weighted by atomic mass is 16.8. The highest BCUT2D eigenvalue weighted by molar-refractivity contribution is 6.00. The first-order valence-corrected chi connectivity index (χ1v) is 21.5. The second-order valence-corrected chi connectivity index (χ2v) is 18.1. The molecule has 4 heterocycles. The molecule has 0 radical (unpaired) electrons. The molecular formula is C48H58O16. The molecule has 64 heavy (non-hydrogen) atoms. The second kappa shape index (κ2) is 17.9. The molecule has 0 spiro atoms. The number of hydrogen-bond donors (Lipinski definition) is 0. The fraction of sp³-hybridized carbons (Fsp3) is 0.542. The largest absolute Gasteiger partial charge is 0.491 e. The highest BCUT2D eigenvalue weighted by Crippen LogP contribution is 2.40. The molecule has 4 aromatic rings. The molecule has 0 unspecified atom stereocenters. The molecule has 4 aliphatic rings. The minimum absolute atomic E-state index is 0.0131. The number of methoxy groups -OCH3 is 2. The zero-order valence-corrected chi connectivity index (χ0v) is 38.0. The van der Waals surface area contributed by atoms with Crippen molar-refractivity contribution in [2.75, 3.05) is 53.9 Å². The van der Waals surface area contributed by atoms with Crippen LogP contribution in [0.1, 0.15) is 76.1 Å². The number of carbonyl (C=O) groups excluding carboxylic acids is 2. The Bertz CT molecular complexity index is 2190. The van der Waals surface area contributed by atoms with Crippen molar-refractivity contribution in [3.05, 3.63) is 71.8 Å². The van der Waals surface area contributed by atoms with Crippen LogP contribution in [0.3, 0.4) is 0 Å². The van der Waals surface area contributed by atoms with Gasteiger partial charge in [0.1, 0.15) is 97.2 Å². The van der Waals surface area contributed by atoms with Gasteiger partial charge in [-0.15, -0.1) is 0 Å². The first-order chi connectivity index (χ1) is 30.3. The van der Waals surface area contributed by atoms with Crippen molar-refractivity contribution >= 4 is 33.5 Å². The average Bonchev–Trinajstić information content (AvgIpc) is 3.98. The van der Waals surface area contributed by atoms with Crippen LogP contribution in [0.25, 0.3) is 21.5 Å². The van der Waals surface area contributed by atoms with Crippen LogP contribution in [0.5, 0.6) is 23.0 Å². The molecule has 8 rings (SSSR count). The van der Waals surface area contributed by atoms with Crippen molar-refractivity contribution < 1.29 is 75.9 Å². The number of carbonyl (C=O) groups is 2. The molecule has 16 nitrogen and oxygen atoms in total. The lowest BCUT2D eigenvalue weighted by Gasteiger charge is -2.26. The van der Waals surface area contributed by atoms with Gasteiger partial charge in [-0.3, -0.25) is 0 Å². The lowest BCUT2D eigenvalue weighted by molar-refractivity contribution is -0.175. The second-order valence-electron chi connectivity index (χ2n) is 18.1. The highest BCUT2D eigenvalue weighted by Gasteiger charge is 2.54. The fourth-order valence-corrected chi connectivity index (χ4v) is 8.42. The van der Waals surface area contributed by atoms with Gasteiger partial charge in [-0.1, -0.05) is 12.1 Å². The van der Waals surface area contributed by atoms with Crippen molar-refractivity contribution in [3.8, 4) is 23.0 Å². The van der Waals surface area contributed by atoms with E-state index in [0.29, 0.717) is 49.4 Å². The van der Waals surface area contributed by atoms with E-state index in [0.717, 1.165) is 21.5 Å². The summed E-state index contributed by atoms with van der Waals surface area (Å²) in [6.07, 6.45) is -3.16. The van der Waals surface area contributed by atoms with Gasteiger partial charge in [0.15, 0.2) is 23.1 Å². The number of rotatable bonds is 15. The number of fused-ring (bicyclic) bond motifs is 2. The van der Waals surface area contributed by atoms with Crippen LogP contribution >= 0.6 is 0 Å². The van der Waals surface area contributed by atoms with E-state index < -0.39 is 59.5 Å². The van der Waals surface area contributed by atoms with Crippen molar-refractivity contribution in [3.63, 3.8) is 0 Å². The molecule has 0 aliphatic carbocycles. The summed E-state index contributed by atoms with van der Waals surface area (Å²) in [7, 11) is 2.63. The van der Waals surface area contributed by atoms with Gasteiger partial charge in [0.2, 0.25) is 0 Å². The van der Waals surface area contributed by atoms with Crippen LogP contribution in [0.2, 0.25) is 0 Å². The number of ether oxygens (including phenoxy) is 14. The minimum atomic E-state index is -1.02. The summed E-state index contributed by atoms with van der Waals surface area (Å²) >= 11 is 0. The Morgan fingerprint density at radius 2 is 0.891 bits per heavy atom. The molecule has 4 fully saturated rings. The number of benzene rings is 4. The maximum atomic E-state index is 13.1. The van der Waals surface area contributed by atoms with Gasteiger partial charge >= 0.3 is 11.9 Å². The maximum absolute atomic E-state index is 13.1. The van der Waals surface area contributed by atoms with Crippen LogP contribution in [0.4, 0.5) is 0 Å². The molecule has 16 heteroatoms. The number of hydrogen-bond acceptors (Lipinski definition) is 16. The topological polar surface area (TPSA) is 163 Å². The zero-order chi connectivity index (χ0) is 45.6. The van der Waals surface area contributed by atoms with E-state index in [1.165, 1.54) is 14.2 Å². The third-order valence-corrected chi connectivity index (χ3v) is 11.2. The predicted molar refractivity (Wildman–Crippen MR) is 230 cm³/mol. The van der Waals surface area contributed by atoms with Crippen LogP contribution in [-0.2, 0) is 47.4 Å². The lowest BCUT2D eigenvalue weighted by Crippen LogP contribution is -2.45. The number of esters is 2. The van der Waals surface area contributed by atoms with Crippen LogP contribution in [0, 0.1) is 0 Å². The molecular weight excluding hydrogens is 833 g/mol. The van der Waals surface area contributed by atoms with Gasteiger partial charge in [-0.2, -0.15) is 0 Å². The van der Waals surface area contributed by atoms with E-state index in [9.17, 15) is 9.59 Å². The van der Waals surface area contributed by atoms with E-state index in [2.05, 4.69) is 0 Å². The molecule has 4 aromatic carbocycles. The molecule has 0 aromatic heterocycles. The van der Waals surface area contributed by atoms with Gasteiger partial charge in [0.05, 0.1) is 27.4 Å². The molecule has 0 N–H and O–H groups in total. The smallest absolute Gasteiger partial charge is 0.341 e. The third-order valence-electron chi connectivity index (χ3n) is 11.2. The molecule has 0 bridgehead atoms. The summed E-state index contributed by atoms with van der Waals surface area (Å²) in [5.74, 6) is -2.68. The maximum Gasteiger partial charge on any atom is 0.341 e. The minimum Gasteiger partial charge on any atom is -0.491 e. The Hall–Kier alpha value is -4.78. The van der Waals surface area contributed by atoms with Gasteiger partial charge < -0.3 is 66.3 Å². The van der Waals surface area contributed by atoms with Gasteiger partial charge in [-0.05, 0) is 125 Å². The monoisotopic (exact) mass is 890 g/mol. The van der Waals surface area contributed by atoms with Gasteiger partial charge in [-0.25, -0.2) is 9.59 Å². The third kappa shape index (κ3) is 10.5. The summed E-state index contributed by atoms with van der Waals surface area (Å²) in [6, 6.07) is 18.2. The van der Waals surface area contributed by atoms with E-state index in [-0.39, 0.29) is 36.5 Å². The fourth-order valence-electron chi connectivity index (χ4n) is 8.42. The molecule has 0 amide bonds. The van der Waals surface area contributed by atoms with Crippen molar-refractivity contribution in [2.24, 2.45) is 0 Å². The van der Waals surface area contributed by atoms with Crippen LogP contribution in [-0.4, -0.2) is 126 Å². The molecule has 0 saturated carbocycles. The van der Waals surface area contributed by atoms with E-state index in [1.54, 1.807) is 52.0 Å². The van der Waals surface area contributed by atoms with Crippen molar-refractivity contribution in [1.29, 1.82) is 0 Å². The normalized spacial score (nSPS) is 26.5. The lowest BCUT2D eigenvalue weighted by atomic mass is 10.0. The quantitative estimate of drug-likeness (QED) is 0.111. The summed E-state index contributed by atoms with van der Waals surface area (Å²) in [5.41, 5.74) is 0.449. The van der Waals surface area contributed by atoms with Crippen molar-refractivity contribution in [2.45, 2.75) is 115 Å². The van der Waals surface area contributed by atoms with Crippen LogP contribution in [0.15, 0.2) is 60.7 Å². The molecule has 346 valence electrons. The Kier molecular flexibility index (Phi) is 12.8. The van der Waals surface area contributed by atoms with E-state index in [1.807, 2.05) is 64.1 Å². The first kappa shape index (κ1) is 45.8. The SMILES string of the molecule is COC(=O)c1cc2cc(OC[C@H]3COC(C)(C)O3)ccc2cc1OC[C@@H]1OC(C)(C)O[C@H]1[C@H]1OC(C)(C)O[C@@H]1COc1cc2ccc(OC[C@H]3COC(C)(C)O3)cc2cc1C(=O)OC. The molecule has 4 aliphatic heterocycles. The molecule has 4 saturated heterocycles. The van der Waals surface area contributed by atoms with Gasteiger partial charge in [0.25, 0.3) is 0 Å². The summed E-state index contributed by atoms with van der Waals surface area (Å²) in [4.78, 5) is 26.3. The van der Waals surface area contributed by atoms with E-state index in [4.69, 9.17) is 66.3 Å². The molecule has 6 atom stereocenters. The van der Waals surface area contributed by atoms with Crippen LogP contribution < -0.4 is 18.9 Å². The Morgan fingerprint density at radius 3 is 1.25 bits per heavy atom. The Balaban J connectivity index is 0.972. The average molecular weight is 891 g/mol. The summed E-state index contributed by atoms with van der Waals surface area (Å²) in [6.45, 7) is 16.1. The predicted octanol–water partition coefficient (Wildman–Crippen LogP) is 7.12. The summed E-state index contributed by atoms with van der Waals surface area (Å²) in [5, 5.41) is 3.12.